The Morgan fingerprint density at radius 2 is 1.74 bits per heavy atom. The lowest BCUT2D eigenvalue weighted by Gasteiger charge is -2.22. The van der Waals surface area contributed by atoms with E-state index >= 15 is 0 Å². The van der Waals surface area contributed by atoms with Crippen molar-refractivity contribution in [3.8, 4) is 0 Å². The predicted octanol–water partition coefficient (Wildman–Crippen LogP) is 3.94. The molecule has 2 atom stereocenters. The van der Waals surface area contributed by atoms with Crippen LogP contribution in [0.2, 0.25) is 0 Å². The van der Waals surface area contributed by atoms with Crippen molar-refractivity contribution in [1.82, 2.24) is 15.5 Å². The monoisotopic (exact) mass is 482 g/mol. The summed E-state index contributed by atoms with van der Waals surface area (Å²) in [4.78, 5) is 17.9. The van der Waals surface area contributed by atoms with E-state index in [1.54, 1.807) is 19.0 Å². The highest BCUT2D eigenvalue weighted by atomic mass is 127. The van der Waals surface area contributed by atoms with Crippen molar-refractivity contribution in [2.45, 2.75) is 39.3 Å². The molecule has 0 bridgehead atoms. The highest BCUT2D eigenvalue weighted by Gasteiger charge is 2.13. The van der Waals surface area contributed by atoms with Gasteiger partial charge in [-0.1, -0.05) is 49.4 Å². The maximum atomic E-state index is 11.9. The molecule has 0 saturated carbocycles. The SMILES string of the molecule is CCC(C)NC(=NCC(=O)N(C)C)NC(C)c1cccc2ccccc12.I. The number of aliphatic imine (C=N–C) groups is 1. The van der Waals surface area contributed by atoms with Gasteiger partial charge in [0.05, 0.1) is 6.04 Å². The molecule has 2 unspecified atom stereocenters. The van der Waals surface area contributed by atoms with Crippen molar-refractivity contribution in [3.63, 3.8) is 0 Å². The van der Waals surface area contributed by atoms with Gasteiger partial charge >= 0.3 is 0 Å². The molecule has 0 aliphatic rings. The van der Waals surface area contributed by atoms with Crippen molar-refractivity contribution in [2.75, 3.05) is 20.6 Å². The Hall–Kier alpha value is -1.83. The van der Waals surface area contributed by atoms with Gasteiger partial charge in [-0.3, -0.25) is 4.79 Å². The van der Waals surface area contributed by atoms with Crippen LogP contribution >= 0.6 is 24.0 Å². The van der Waals surface area contributed by atoms with Crippen LogP contribution in [0, 0.1) is 0 Å². The van der Waals surface area contributed by atoms with Gasteiger partial charge in [-0.25, -0.2) is 4.99 Å². The lowest BCUT2D eigenvalue weighted by atomic mass is 10.00. The minimum Gasteiger partial charge on any atom is -0.354 e. The molecule has 0 radical (unpaired) electrons. The first-order valence-corrected chi connectivity index (χ1v) is 9.17. The van der Waals surface area contributed by atoms with Gasteiger partial charge in [0.1, 0.15) is 6.54 Å². The molecule has 0 aliphatic heterocycles. The lowest BCUT2D eigenvalue weighted by Crippen LogP contribution is -2.43. The number of hydrogen-bond donors (Lipinski definition) is 2. The standard InChI is InChI=1S/C21H30N4O.HI/c1-6-15(2)23-21(22-14-20(26)25(4)5)24-16(3)18-13-9-11-17-10-7-8-12-19(17)18;/h7-13,15-16H,6,14H2,1-5H3,(H2,22,23,24);1H. The van der Waals surface area contributed by atoms with E-state index in [1.807, 2.05) is 0 Å². The molecule has 0 aliphatic carbocycles. The van der Waals surface area contributed by atoms with Crippen LogP contribution in [0.3, 0.4) is 0 Å². The molecule has 2 aromatic carbocycles. The van der Waals surface area contributed by atoms with Crippen molar-refractivity contribution in [2.24, 2.45) is 4.99 Å². The summed E-state index contributed by atoms with van der Waals surface area (Å²) in [5, 5.41) is 9.27. The van der Waals surface area contributed by atoms with E-state index in [4.69, 9.17) is 0 Å². The Labute approximate surface area is 179 Å². The molecule has 2 rings (SSSR count). The van der Waals surface area contributed by atoms with Crippen LogP contribution in [0.5, 0.6) is 0 Å². The molecule has 6 heteroatoms. The number of hydrogen-bond acceptors (Lipinski definition) is 2. The molecule has 0 heterocycles. The quantitative estimate of drug-likeness (QED) is 0.373. The number of carbonyl (C=O) groups is 1. The molecule has 1 amide bonds. The largest absolute Gasteiger partial charge is 0.354 e. The molecule has 0 fully saturated rings. The van der Waals surface area contributed by atoms with Gasteiger partial charge in [0.2, 0.25) is 5.91 Å². The van der Waals surface area contributed by atoms with E-state index < -0.39 is 0 Å². The smallest absolute Gasteiger partial charge is 0.243 e. The summed E-state index contributed by atoms with van der Waals surface area (Å²) in [6.07, 6.45) is 0.977. The number of guanidine groups is 1. The Bertz CT molecular complexity index is 770. The molecule has 0 spiro atoms. The van der Waals surface area contributed by atoms with Gasteiger partial charge in [-0.05, 0) is 36.6 Å². The third kappa shape index (κ3) is 6.68. The zero-order chi connectivity index (χ0) is 19.1. The zero-order valence-electron chi connectivity index (χ0n) is 16.8. The normalized spacial score (nSPS) is 13.4. The van der Waals surface area contributed by atoms with Crippen LogP contribution in [0.15, 0.2) is 47.5 Å². The number of likely N-dealkylation sites (N-methyl/N-ethyl adjacent to an activating group) is 1. The fourth-order valence-electron chi connectivity index (χ4n) is 2.67. The van der Waals surface area contributed by atoms with Crippen LogP contribution in [0.25, 0.3) is 10.8 Å². The minimum absolute atomic E-state index is 0. The number of fused-ring (bicyclic) bond motifs is 1. The van der Waals surface area contributed by atoms with Crippen LogP contribution in [0.4, 0.5) is 0 Å². The second-order valence-corrected chi connectivity index (χ2v) is 6.84. The van der Waals surface area contributed by atoms with E-state index in [-0.39, 0.29) is 48.5 Å². The van der Waals surface area contributed by atoms with Crippen LogP contribution < -0.4 is 10.6 Å². The summed E-state index contributed by atoms with van der Waals surface area (Å²) in [7, 11) is 3.48. The van der Waals surface area contributed by atoms with E-state index in [0.29, 0.717) is 5.96 Å². The molecule has 0 aromatic heterocycles. The van der Waals surface area contributed by atoms with Gasteiger partial charge in [-0.2, -0.15) is 0 Å². The second kappa shape index (κ2) is 11.1. The predicted molar refractivity (Wildman–Crippen MR) is 125 cm³/mol. The highest BCUT2D eigenvalue weighted by molar-refractivity contribution is 14.0. The van der Waals surface area contributed by atoms with Gasteiger partial charge < -0.3 is 15.5 Å². The lowest BCUT2D eigenvalue weighted by molar-refractivity contribution is -0.127. The number of halogens is 1. The maximum Gasteiger partial charge on any atom is 0.243 e. The maximum absolute atomic E-state index is 11.9. The molecule has 2 N–H and O–H groups in total. The molecule has 5 nitrogen and oxygen atoms in total. The Balaban J connectivity index is 0.00000364. The fourth-order valence-corrected chi connectivity index (χ4v) is 2.67. The molecular formula is C21H31IN4O. The van der Waals surface area contributed by atoms with Crippen LogP contribution in [-0.4, -0.2) is 43.4 Å². The average molecular weight is 482 g/mol. The molecule has 148 valence electrons. The Kier molecular flexibility index (Phi) is 9.55. The summed E-state index contributed by atoms with van der Waals surface area (Å²) >= 11 is 0. The average Bonchev–Trinajstić information content (AvgIpc) is 2.64. The number of benzene rings is 2. The number of rotatable bonds is 6. The molecule has 2 aromatic rings. The Morgan fingerprint density at radius 1 is 1.07 bits per heavy atom. The number of carbonyl (C=O) groups excluding carboxylic acids is 1. The highest BCUT2D eigenvalue weighted by Crippen LogP contribution is 2.23. The van der Waals surface area contributed by atoms with Crippen LogP contribution in [0.1, 0.15) is 38.8 Å². The summed E-state index contributed by atoms with van der Waals surface area (Å²) in [6, 6.07) is 15.0. The van der Waals surface area contributed by atoms with Crippen molar-refractivity contribution in [3.05, 3.63) is 48.0 Å². The zero-order valence-corrected chi connectivity index (χ0v) is 19.2. The van der Waals surface area contributed by atoms with Crippen molar-refractivity contribution >= 4 is 46.6 Å². The molecule has 0 saturated heterocycles. The number of amides is 1. The minimum atomic E-state index is -0.0203. The van der Waals surface area contributed by atoms with Gasteiger partial charge in [-0.15, -0.1) is 24.0 Å². The first-order chi connectivity index (χ1) is 12.4. The van der Waals surface area contributed by atoms with Crippen molar-refractivity contribution in [1.29, 1.82) is 0 Å². The number of nitrogens with one attached hydrogen (secondary N) is 2. The van der Waals surface area contributed by atoms with E-state index in [0.717, 1.165) is 6.42 Å². The third-order valence-electron chi connectivity index (χ3n) is 4.51. The van der Waals surface area contributed by atoms with Gasteiger partial charge in [0, 0.05) is 20.1 Å². The molecule has 27 heavy (non-hydrogen) atoms. The topological polar surface area (TPSA) is 56.7 Å². The second-order valence-electron chi connectivity index (χ2n) is 6.84. The van der Waals surface area contributed by atoms with Gasteiger partial charge in [0.15, 0.2) is 5.96 Å². The van der Waals surface area contributed by atoms with E-state index in [2.05, 4.69) is 78.9 Å². The summed E-state index contributed by atoms with van der Waals surface area (Å²) < 4.78 is 0. The summed E-state index contributed by atoms with van der Waals surface area (Å²) in [5.74, 6) is 0.642. The number of nitrogens with zero attached hydrogens (tertiary/aromatic N) is 2. The first-order valence-electron chi connectivity index (χ1n) is 9.17. The van der Waals surface area contributed by atoms with Crippen LogP contribution in [-0.2, 0) is 4.79 Å². The van der Waals surface area contributed by atoms with Gasteiger partial charge in [0.25, 0.3) is 0 Å². The summed E-state index contributed by atoms with van der Waals surface area (Å²) in [5.41, 5.74) is 1.21. The van der Waals surface area contributed by atoms with Crippen molar-refractivity contribution < 1.29 is 4.79 Å². The third-order valence-corrected chi connectivity index (χ3v) is 4.51. The van der Waals surface area contributed by atoms with E-state index in [9.17, 15) is 4.79 Å². The summed E-state index contributed by atoms with van der Waals surface area (Å²) in [6.45, 7) is 6.46. The molecular weight excluding hydrogens is 451 g/mol. The van der Waals surface area contributed by atoms with E-state index in [1.165, 1.54) is 16.3 Å². The first kappa shape index (κ1) is 23.2. The fraction of sp³-hybridized carbons (Fsp3) is 0.429. The Morgan fingerprint density at radius 3 is 2.41 bits per heavy atom.